The second kappa shape index (κ2) is 12.3. The van der Waals surface area contributed by atoms with Crippen molar-refractivity contribution in [2.45, 2.75) is 13.3 Å². The summed E-state index contributed by atoms with van der Waals surface area (Å²) in [5, 5.41) is 14.4. The molecular formula is C18H23Cl3F2N6. The van der Waals surface area contributed by atoms with Crippen LogP contribution >= 0.6 is 37.2 Å². The Morgan fingerprint density at radius 2 is 1.90 bits per heavy atom. The van der Waals surface area contributed by atoms with Crippen molar-refractivity contribution in [1.29, 1.82) is 5.41 Å². The normalized spacial score (nSPS) is 11.5. The van der Waals surface area contributed by atoms with Crippen molar-refractivity contribution in [3.63, 3.8) is 0 Å². The molecule has 29 heavy (non-hydrogen) atoms. The first-order valence-electron chi connectivity index (χ1n) is 8.30. The number of nitrogens with one attached hydrogen (secondary N) is 3. The number of guanidine groups is 1. The number of hydrogen-bond donors (Lipinski definition) is 3. The highest BCUT2D eigenvalue weighted by molar-refractivity contribution is 6.00. The molecule has 0 radical (unpaired) electrons. The minimum atomic E-state index is -0.712. The topological polar surface area (TPSA) is 67.3 Å². The van der Waals surface area contributed by atoms with E-state index in [-0.39, 0.29) is 48.9 Å². The first-order chi connectivity index (χ1) is 12.6. The van der Waals surface area contributed by atoms with Crippen molar-refractivity contribution < 1.29 is 8.78 Å². The summed E-state index contributed by atoms with van der Waals surface area (Å²) < 4.78 is 27.5. The highest BCUT2D eigenvalue weighted by Crippen LogP contribution is 2.28. The molecule has 0 aliphatic carbocycles. The lowest BCUT2D eigenvalue weighted by molar-refractivity contribution is 0.583. The molecule has 0 spiro atoms. The second-order valence-electron chi connectivity index (χ2n) is 5.76. The van der Waals surface area contributed by atoms with E-state index in [0.717, 1.165) is 18.2 Å². The average Bonchev–Trinajstić information content (AvgIpc) is 3.14. The standard InChI is InChI=1S/C18H20F2N6.3ClH/c1-2-4-24-18(21)26(16-9-13(19)8-14(20)10-16)17-11-15(3-5-23-17)25-7-6-22-12-25;;;/h3,5-11,22H,2,4,12H2,1H3,(H2,21,24);3*1H. The zero-order valence-electron chi connectivity index (χ0n) is 15.6. The molecule has 0 amide bonds. The summed E-state index contributed by atoms with van der Waals surface area (Å²) in [5.74, 6) is -1.04. The second-order valence-corrected chi connectivity index (χ2v) is 5.76. The fourth-order valence-electron chi connectivity index (χ4n) is 2.60. The molecule has 0 unspecified atom stereocenters. The summed E-state index contributed by atoms with van der Waals surface area (Å²) in [7, 11) is 0. The number of pyridine rings is 1. The average molecular weight is 468 g/mol. The van der Waals surface area contributed by atoms with Gasteiger partial charge in [0.25, 0.3) is 0 Å². The minimum Gasteiger partial charge on any atom is -0.372 e. The highest BCUT2D eigenvalue weighted by atomic mass is 35.5. The highest BCUT2D eigenvalue weighted by Gasteiger charge is 2.19. The molecule has 1 aliphatic rings. The molecule has 0 bridgehead atoms. The molecule has 2 heterocycles. The number of aromatic nitrogens is 1. The van der Waals surface area contributed by atoms with Crippen LogP contribution in [0.2, 0.25) is 0 Å². The Morgan fingerprint density at radius 1 is 1.21 bits per heavy atom. The summed E-state index contributed by atoms with van der Waals surface area (Å²) >= 11 is 0. The number of benzene rings is 1. The first kappa shape index (κ1) is 26.7. The van der Waals surface area contributed by atoms with Crippen LogP contribution in [0.4, 0.5) is 26.0 Å². The third kappa shape index (κ3) is 6.62. The molecule has 2 aromatic rings. The van der Waals surface area contributed by atoms with E-state index in [4.69, 9.17) is 5.41 Å². The van der Waals surface area contributed by atoms with Crippen molar-refractivity contribution in [3.05, 3.63) is 60.6 Å². The van der Waals surface area contributed by atoms with E-state index in [1.807, 2.05) is 30.3 Å². The molecule has 1 aromatic heterocycles. The predicted molar refractivity (Wildman–Crippen MR) is 120 cm³/mol. The van der Waals surface area contributed by atoms with Gasteiger partial charge in [0.05, 0.1) is 12.4 Å². The van der Waals surface area contributed by atoms with Gasteiger partial charge in [-0.3, -0.25) is 10.3 Å². The summed E-state index contributed by atoms with van der Waals surface area (Å²) in [4.78, 5) is 7.65. The third-order valence-electron chi connectivity index (χ3n) is 3.80. The van der Waals surface area contributed by atoms with Crippen LogP contribution in [0.1, 0.15) is 13.3 Å². The van der Waals surface area contributed by atoms with Gasteiger partial charge in [0.1, 0.15) is 17.5 Å². The molecule has 0 saturated heterocycles. The van der Waals surface area contributed by atoms with E-state index in [1.54, 1.807) is 12.3 Å². The molecule has 3 N–H and O–H groups in total. The zero-order valence-corrected chi connectivity index (χ0v) is 18.0. The van der Waals surface area contributed by atoms with E-state index in [1.165, 1.54) is 17.0 Å². The minimum absolute atomic E-state index is 0. The van der Waals surface area contributed by atoms with Crippen LogP contribution in [0.15, 0.2) is 48.9 Å². The molecule has 160 valence electrons. The summed E-state index contributed by atoms with van der Waals surface area (Å²) in [5.41, 5.74) is 1.04. The van der Waals surface area contributed by atoms with Gasteiger partial charge in [-0.05, 0) is 24.6 Å². The van der Waals surface area contributed by atoms with Gasteiger partial charge in [0.2, 0.25) is 5.96 Å². The SMILES string of the molecule is CCCNC(=N)N(c1cc(F)cc(F)c1)c1cc(N2C=CNC2)ccn1.Cl.Cl.Cl. The quantitative estimate of drug-likeness (QED) is 0.445. The van der Waals surface area contributed by atoms with E-state index in [2.05, 4.69) is 15.6 Å². The largest absolute Gasteiger partial charge is 0.372 e. The smallest absolute Gasteiger partial charge is 0.201 e. The summed E-state index contributed by atoms with van der Waals surface area (Å²) in [6.45, 7) is 3.15. The molecule has 11 heteroatoms. The summed E-state index contributed by atoms with van der Waals surface area (Å²) in [6, 6.07) is 6.75. The zero-order chi connectivity index (χ0) is 18.5. The van der Waals surface area contributed by atoms with Gasteiger partial charge < -0.3 is 15.5 Å². The number of rotatable bonds is 5. The Bertz CT molecular complexity index is 817. The van der Waals surface area contributed by atoms with Crippen LogP contribution in [0, 0.1) is 17.0 Å². The molecule has 0 fully saturated rings. The van der Waals surface area contributed by atoms with Crippen molar-refractivity contribution in [3.8, 4) is 0 Å². The molecule has 0 saturated carbocycles. The maximum atomic E-state index is 13.7. The number of nitrogens with zero attached hydrogens (tertiary/aromatic N) is 3. The van der Waals surface area contributed by atoms with E-state index < -0.39 is 11.6 Å². The van der Waals surface area contributed by atoms with Gasteiger partial charge in [0, 0.05) is 43.0 Å². The molecule has 1 aliphatic heterocycles. The van der Waals surface area contributed by atoms with Crippen molar-refractivity contribution in [2.75, 3.05) is 23.0 Å². The first-order valence-corrected chi connectivity index (χ1v) is 8.30. The monoisotopic (exact) mass is 466 g/mol. The van der Waals surface area contributed by atoms with Crippen LogP contribution in [-0.2, 0) is 0 Å². The third-order valence-corrected chi connectivity index (χ3v) is 3.80. The van der Waals surface area contributed by atoms with E-state index in [9.17, 15) is 8.78 Å². The van der Waals surface area contributed by atoms with Gasteiger partial charge in [0.15, 0.2) is 0 Å². The van der Waals surface area contributed by atoms with Crippen LogP contribution in [0.5, 0.6) is 0 Å². The van der Waals surface area contributed by atoms with Crippen molar-refractivity contribution in [2.24, 2.45) is 0 Å². The van der Waals surface area contributed by atoms with Gasteiger partial charge in [-0.25, -0.2) is 13.8 Å². The Morgan fingerprint density at radius 3 is 2.48 bits per heavy atom. The number of halogens is 5. The Balaban J connectivity index is 0.00000261. The fourth-order valence-corrected chi connectivity index (χ4v) is 2.60. The van der Waals surface area contributed by atoms with E-state index >= 15 is 0 Å². The Kier molecular flexibility index (Phi) is 11.3. The van der Waals surface area contributed by atoms with Crippen LogP contribution in [-0.4, -0.2) is 24.2 Å². The fraction of sp³-hybridized carbons (Fsp3) is 0.222. The number of anilines is 3. The summed E-state index contributed by atoms with van der Waals surface area (Å²) in [6.07, 6.45) is 6.12. The molecule has 1 aromatic carbocycles. The predicted octanol–water partition coefficient (Wildman–Crippen LogP) is 4.54. The van der Waals surface area contributed by atoms with Crippen LogP contribution in [0.3, 0.4) is 0 Å². The van der Waals surface area contributed by atoms with Crippen molar-refractivity contribution >= 4 is 60.4 Å². The van der Waals surface area contributed by atoms with Gasteiger partial charge in [-0.1, -0.05) is 6.92 Å². The lowest BCUT2D eigenvalue weighted by Crippen LogP contribution is -2.38. The lowest BCUT2D eigenvalue weighted by atomic mass is 10.2. The Hall–Kier alpha value is -2.29. The maximum Gasteiger partial charge on any atom is 0.201 e. The van der Waals surface area contributed by atoms with Gasteiger partial charge >= 0.3 is 0 Å². The number of hydrogen-bond acceptors (Lipinski definition) is 4. The van der Waals surface area contributed by atoms with E-state index in [0.29, 0.717) is 19.0 Å². The molecular weight excluding hydrogens is 445 g/mol. The van der Waals surface area contributed by atoms with Crippen molar-refractivity contribution in [1.82, 2.24) is 15.6 Å². The lowest BCUT2D eigenvalue weighted by Gasteiger charge is -2.26. The van der Waals surface area contributed by atoms with Crippen LogP contribution < -0.4 is 20.4 Å². The molecule has 6 nitrogen and oxygen atoms in total. The maximum absolute atomic E-state index is 13.7. The molecule has 0 atom stereocenters. The van der Waals surface area contributed by atoms with Crippen LogP contribution in [0.25, 0.3) is 0 Å². The molecule has 3 rings (SSSR count). The Labute approximate surface area is 187 Å². The van der Waals surface area contributed by atoms with Gasteiger partial charge in [-0.15, -0.1) is 37.2 Å². The van der Waals surface area contributed by atoms with Gasteiger partial charge in [-0.2, -0.15) is 0 Å².